The topological polar surface area (TPSA) is 67.9 Å². The molecule has 0 bridgehead atoms. The summed E-state index contributed by atoms with van der Waals surface area (Å²) in [6.45, 7) is 4.79. The molecule has 152 valence electrons. The summed E-state index contributed by atoms with van der Waals surface area (Å²) in [4.78, 5) is 2.44. The van der Waals surface area contributed by atoms with E-state index in [1.807, 2.05) is 31.2 Å². The lowest BCUT2D eigenvalue weighted by Crippen LogP contribution is -2.43. The minimum absolute atomic E-state index is 0.128. The Morgan fingerprint density at radius 3 is 2.61 bits per heavy atom. The summed E-state index contributed by atoms with van der Waals surface area (Å²) in [5.74, 6) is 0.657. The number of benzene rings is 2. The summed E-state index contributed by atoms with van der Waals surface area (Å²) in [6.07, 6.45) is 0. The smallest absolute Gasteiger partial charge is 0.240 e. The number of nitrogens with one attached hydrogen (secondary N) is 1. The Balaban J connectivity index is 1.81. The van der Waals surface area contributed by atoms with E-state index < -0.39 is 10.0 Å². The number of ether oxygens (including phenoxy) is 2. The Labute approximate surface area is 171 Å². The second-order valence-electron chi connectivity index (χ2n) is 6.70. The SMILES string of the molecule is COc1ccc(S(=O)(=O)NCC(c2cccc(Cl)c2)N2CCOCC2)cc1C. The molecule has 0 aromatic heterocycles. The minimum Gasteiger partial charge on any atom is -0.496 e. The fourth-order valence-electron chi connectivity index (χ4n) is 3.35. The van der Waals surface area contributed by atoms with Crippen molar-refractivity contribution in [3.8, 4) is 5.75 Å². The van der Waals surface area contributed by atoms with E-state index in [9.17, 15) is 8.42 Å². The van der Waals surface area contributed by atoms with Gasteiger partial charge in [0.05, 0.1) is 25.2 Å². The van der Waals surface area contributed by atoms with Crippen LogP contribution < -0.4 is 9.46 Å². The van der Waals surface area contributed by atoms with Gasteiger partial charge in [0.2, 0.25) is 10.0 Å². The molecule has 1 unspecified atom stereocenters. The Morgan fingerprint density at radius 2 is 1.96 bits per heavy atom. The highest BCUT2D eigenvalue weighted by atomic mass is 35.5. The second-order valence-corrected chi connectivity index (χ2v) is 8.91. The maximum atomic E-state index is 12.8. The molecule has 0 aliphatic carbocycles. The van der Waals surface area contributed by atoms with E-state index in [1.165, 1.54) is 0 Å². The van der Waals surface area contributed by atoms with Gasteiger partial charge >= 0.3 is 0 Å². The Kier molecular flexibility index (Phi) is 6.95. The van der Waals surface area contributed by atoms with Gasteiger partial charge in [-0.1, -0.05) is 23.7 Å². The van der Waals surface area contributed by atoms with Crippen LogP contribution in [0.2, 0.25) is 5.02 Å². The van der Waals surface area contributed by atoms with E-state index in [4.69, 9.17) is 21.1 Å². The second kappa shape index (κ2) is 9.24. The molecule has 6 nitrogen and oxygen atoms in total. The number of methoxy groups -OCH3 is 1. The Bertz CT molecular complexity index is 914. The van der Waals surface area contributed by atoms with Crippen LogP contribution in [-0.4, -0.2) is 53.3 Å². The van der Waals surface area contributed by atoms with Gasteiger partial charge in [-0.05, 0) is 48.4 Å². The quantitative estimate of drug-likeness (QED) is 0.740. The summed E-state index contributed by atoms with van der Waals surface area (Å²) in [7, 11) is -2.09. The lowest BCUT2D eigenvalue weighted by molar-refractivity contribution is 0.0172. The molecule has 0 radical (unpaired) electrons. The zero-order valence-corrected chi connectivity index (χ0v) is 17.6. The van der Waals surface area contributed by atoms with Crippen molar-refractivity contribution in [1.29, 1.82) is 0 Å². The first-order valence-electron chi connectivity index (χ1n) is 9.12. The standard InChI is InChI=1S/C20H25ClN2O4S/c1-15-12-18(6-7-20(15)26-2)28(24,25)22-14-19(23-8-10-27-11-9-23)16-4-3-5-17(21)13-16/h3-7,12-13,19,22H,8-11,14H2,1-2H3. The number of hydrogen-bond acceptors (Lipinski definition) is 5. The predicted molar refractivity (Wildman–Crippen MR) is 110 cm³/mol. The fraction of sp³-hybridized carbons (Fsp3) is 0.400. The summed E-state index contributed by atoms with van der Waals surface area (Å²) in [5, 5.41) is 0.629. The first kappa shape index (κ1) is 21.1. The van der Waals surface area contributed by atoms with Crippen LogP contribution in [0.5, 0.6) is 5.75 Å². The van der Waals surface area contributed by atoms with Crippen molar-refractivity contribution < 1.29 is 17.9 Å². The molecule has 0 saturated carbocycles. The van der Waals surface area contributed by atoms with Crippen LogP contribution in [-0.2, 0) is 14.8 Å². The van der Waals surface area contributed by atoms with Crippen molar-refractivity contribution in [2.75, 3.05) is 40.0 Å². The van der Waals surface area contributed by atoms with Crippen LogP contribution >= 0.6 is 11.6 Å². The molecule has 1 heterocycles. The highest BCUT2D eigenvalue weighted by Gasteiger charge is 2.25. The summed E-state index contributed by atoms with van der Waals surface area (Å²) in [5.41, 5.74) is 1.74. The summed E-state index contributed by atoms with van der Waals surface area (Å²) >= 11 is 6.17. The van der Waals surface area contributed by atoms with E-state index >= 15 is 0 Å². The number of rotatable bonds is 7. The molecular formula is C20H25ClN2O4S. The lowest BCUT2D eigenvalue weighted by atomic mass is 10.1. The van der Waals surface area contributed by atoms with E-state index in [1.54, 1.807) is 25.3 Å². The maximum absolute atomic E-state index is 12.8. The van der Waals surface area contributed by atoms with Crippen LogP contribution in [0.15, 0.2) is 47.4 Å². The number of aryl methyl sites for hydroxylation is 1. The lowest BCUT2D eigenvalue weighted by Gasteiger charge is -2.35. The molecule has 1 atom stereocenters. The van der Waals surface area contributed by atoms with Gasteiger partial charge in [0.1, 0.15) is 5.75 Å². The molecule has 3 rings (SSSR count). The van der Waals surface area contributed by atoms with Gasteiger partial charge in [-0.25, -0.2) is 13.1 Å². The molecule has 1 aliphatic rings. The van der Waals surface area contributed by atoms with Crippen molar-refractivity contribution in [2.45, 2.75) is 17.9 Å². The predicted octanol–water partition coefficient (Wildman–Crippen LogP) is 3.01. The Morgan fingerprint density at radius 1 is 1.21 bits per heavy atom. The van der Waals surface area contributed by atoms with Gasteiger partial charge in [-0.15, -0.1) is 0 Å². The molecule has 1 N–H and O–H groups in total. The largest absolute Gasteiger partial charge is 0.496 e. The molecule has 0 spiro atoms. The van der Waals surface area contributed by atoms with Crippen molar-refractivity contribution in [3.05, 3.63) is 58.6 Å². The third-order valence-corrected chi connectivity index (χ3v) is 6.52. The van der Waals surface area contributed by atoms with Crippen molar-refractivity contribution in [3.63, 3.8) is 0 Å². The molecule has 28 heavy (non-hydrogen) atoms. The van der Waals surface area contributed by atoms with Gasteiger partial charge in [-0.2, -0.15) is 0 Å². The number of sulfonamides is 1. The summed E-state index contributed by atoms with van der Waals surface area (Å²) in [6, 6.07) is 12.3. The number of morpholine rings is 1. The van der Waals surface area contributed by atoms with Gasteiger partial charge in [-0.3, -0.25) is 4.90 Å². The first-order valence-corrected chi connectivity index (χ1v) is 11.0. The average molecular weight is 425 g/mol. The van der Waals surface area contributed by atoms with Gasteiger partial charge in [0, 0.05) is 30.7 Å². The fourth-order valence-corrected chi connectivity index (χ4v) is 4.67. The molecule has 0 amide bonds. The average Bonchev–Trinajstić information content (AvgIpc) is 2.69. The van der Waals surface area contributed by atoms with Crippen molar-refractivity contribution in [2.24, 2.45) is 0 Å². The minimum atomic E-state index is -3.66. The van der Waals surface area contributed by atoms with E-state index in [0.29, 0.717) is 24.0 Å². The van der Waals surface area contributed by atoms with E-state index in [0.717, 1.165) is 24.2 Å². The zero-order valence-electron chi connectivity index (χ0n) is 16.0. The molecule has 1 saturated heterocycles. The Hall–Kier alpha value is -1.64. The van der Waals surface area contributed by atoms with Crippen LogP contribution in [0.1, 0.15) is 17.2 Å². The monoisotopic (exact) mass is 424 g/mol. The maximum Gasteiger partial charge on any atom is 0.240 e. The highest BCUT2D eigenvalue weighted by Crippen LogP contribution is 2.25. The van der Waals surface area contributed by atoms with Gasteiger partial charge in [0.15, 0.2) is 0 Å². The molecular weight excluding hydrogens is 400 g/mol. The number of hydrogen-bond donors (Lipinski definition) is 1. The third-order valence-electron chi connectivity index (χ3n) is 4.86. The van der Waals surface area contributed by atoms with Crippen LogP contribution in [0.25, 0.3) is 0 Å². The number of halogens is 1. The third kappa shape index (κ3) is 5.04. The van der Waals surface area contributed by atoms with Crippen molar-refractivity contribution >= 4 is 21.6 Å². The number of nitrogens with zero attached hydrogens (tertiary/aromatic N) is 1. The van der Waals surface area contributed by atoms with Crippen LogP contribution in [0, 0.1) is 6.92 Å². The van der Waals surface area contributed by atoms with Crippen LogP contribution in [0.3, 0.4) is 0 Å². The highest BCUT2D eigenvalue weighted by molar-refractivity contribution is 7.89. The molecule has 1 aliphatic heterocycles. The molecule has 8 heteroatoms. The van der Waals surface area contributed by atoms with Gasteiger partial charge in [0.25, 0.3) is 0 Å². The molecule has 2 aromatic carbocycles. The summed E-state index contributed by atoms with van der Waals surface area (Å²) < 4.78 is 39.1. The zero-order chi connectivity index (χ0) is 20.1. The van der Waals surface area contributed by atoms with Gasteiger partial charge < -0.3 is 9.47 Å². The normalized spacial score (nSPS) is 16.7. The molecule has 1 fully saturated rings. The molecule has 2 aromatic rings. The first-order chi connectivity index (χ1) is 13.4. The van der Waals surface area contributed by atoms with Crippen LogP contribution in [0.4, 0.5) is 0 Å². The van der Waals surface area contributed by atoms with E-state index in [-0.39, 0.29) is 17.5 Å². The van der Waals surface area contributed by atoms with E-state index in [2.05, 4.69) is 9.62 Å². The van der Waals surface area contributed by atoms with Crippen molar-refractivity contribution in [1.82, 2.24) is 9.62 Å².